The summed E-state index contributed by atoms with van der Waals surface area (Å²) in [4.78, 5) is 9.07. The van der Waals surface area contributed by atoms with Crippen molar-refractivity contribution in [2.45, 2.75) is 0 Å². The molecule has 2 heterocycles. The van der Waals surface area contributed by atoms with Gasteiger partial charge >= 0.3 is 0 Å². The lowest BCUT2D eigenvalue weighted by Crippen LogP contribution is -1.92. The van der Waals surface area contributed by atoms with Crippen LogP contribution in [0, 0.1) is 0 Å². The predicted octanol–water partition coefficient (Wildman–Crippen LogP) is 12.4. The highest BCUT2D eigenvalue weighted by Crippen LogP contribution is 2.45. The zero-order chi connectivity index (χ0) is 30.5. The van der Waals surface area contributed by atoms with Crippen LogP contribution in [-0.4, -0.2) is 9.97 Å². The van der Waals surface area contributed by atoms with E-state index in [9.17, 15) is 0 Å². The Morgan fingerprint density at radius 1 is 0.370 bits per heavy atom. The van der Waals surface area contributed by atoms with Crippen molar-refractivity contribution in [3.05, 3.63) is 155 Å². The van der Waals surface area contributed by atoms with Crippen molar-refractivity contribution >= 4 is 55.0 Å². The summed E-state index contributed by atoms with van der Waals surface area (Å²) in [5, 5.41) is 11.7. The fourth-order valence-electron chi connectivity index (χ4n) is 6.77. The first-order valence-electron chi connectivity index (χ1n) is 15.3. The van der Waals surface area contributed by atoms with Crippen LogP contribution < -0.4 is 0 Å². The summed E-state index contributed by atoms with van der Waals surface area (Å²) < 4.78 is 0. The largest absolute Gasteiger partial charge is 0.245 e. The summed E-state index contributed by atoms with van der Waals surface area (Å²) in [6, 6.07) is 48.9. The molecule has 216 valence electrons. The highest BCUT2D eigenvalue weighted by atomic mass is 32.1. The zero-order valence-corrected chi connectivity index (χ0v) is 26.4. The van der Waals surface area contributed by atoms with Gasteiger partial charge in [-0.3, -0.25) is 0 Å². The molecule has 0 amide bonds. The van der Waals surface area contributed by atoms with Gasteiger partial charge in [-0.25, -0.2) is 9.97 Å². The second kappa shape index (κ2) is 11.2. The van der Waals surface area contributed by atoms with Crippen molar-refractivity contribution in [1.82, 2.24) is 9.97 Å². The Labute approximate surface area is 274 Å². The molecule has 46 heavy (non-hydrogen) atoms. The molecule has 0 spiro atoms. The van der Waals surface area contributed by atoms with E-state index in [0.29, 0.717) is 0 Å². The second-order valence-corrected chi connectivity index (χ2v) is 12.9. The van der Waals surface area contributed by atoms with E-state index >= 15 is 0 Å². The molecule has 0 N–H and O–H groups in total. The monoisotopic (exact) mass is 622 g/mol. The number of nitrogens with zero attached hydrogens (tertiary/aromatic N) is 2. The molecule has 2 aromatic heterocycles. The highest BCUT2D eigenvalue weighted by Gasteiger charge is 2.18. The van der Waals surface area contributed by atoms with Gasteiger partial charge in [-0.1, -0.05) is 127 Å². The van der Waals surface area contributed by atoms with E-state index in [0.717, 1.165) is 22.5 Å². The van der Waals surface area contributed by atoms with E-state index < -0.39 is 0 Å². The maximum Gasteiger partial charge on any atom is 0.0811 e. The quantitative estimate of drug-likeness (QED) is 0.178. The molecular weight excluding hydrogens is 597 g/mol. The lowest BCUT2D eigenvalue weighted by atomic mass is 9.84. The molecule has 7 aromatic carbocycles. The highest BCUT2D eigenvalue weighted by molar-refractivity contribution is 7.08. The van der Waals surface area contributed by atoms with Gasteiger partial charge in [0.15, 0.2) is 0 Å². The number of fused-ring (bicyclic) bond motifs is 3. The normalized spacial score (nSPS) is 11.5. The van der Waals surface area contributed by atoms with Crippen LogP contribution in [-0.2, 0) is 0 Å². The van der Waals surface area contributed by atoms with E-state index in [-0.39, 0.29) is 0 Å². The lowest BCUT2D eigenvalue weighted by molar-refractivity contribution is 1.41. The molecule has 4 heteroatoms. The molecule has 9 rings (SSSR count). The van der Waals surface area contributed by atoms with E-state index in [1.807, 2.05) is 11.0 Å². The number of hydrogen-bond donors (Lipinski definition) is 0. The Morgan fingerprint density at radius 2 is 0.848 bits per heavy atom. The Morgan fingerprint density at radius 3 is 1.43 bits per heavy atom. The van der Waals surface area contributed by atoms with Crippen molar-refractivity contribution < 1.29 is 0 Å². The first-order chi connectivity index (χ1) is 22.8. The van der Waals surface area contributed by atoms with Gasteiger partial charge in [-0.05, 0) is 71.8 Å². The van der Waals surface area contributed by atoms with Gasteiger partial charge in [-0.2, -0.15) is 0 Å². The molecule has 2 nitrogen and oxygen atoms in total. The number of aromatic nitrogens is 2. The third-order valence-electron chi connectivity index (χ3n) is 8.93. The molecule has 0 radical (unpaired) electrons. The first kappa shape index (κ1) is 26.9. The zero-order valence-electron chi connectivity index (χ0n) is 24.7. The molecule has 0 unspecified atom stereocenters. The summed E-state index contributed by atoms with van der Waals surface area (Å²) in [5.74, 6) is 0. The number of benzene rings is 7. The predicted molar refractivity (Wildman–Crippen MR) is 197 cm³/mol. The van der Waals surface area contributed by atoms with Crippen LogP contribution in [0.25, 0.3) is 88.2 Å². The van der Waals surface area contributed by atoms with E-state index in [2.05, 4.69) is 154 Å². The van der Waals surface area contributed by atoms with Gasteiger partial charge in [0, 0.05) is 21.9 Å². The maximum atomic E-state index is 4.54. The van der Waals surface area contributed by atoms with Crippen LogP contribution in [0.15, 0.2) is 155 Å². The molecule has 0 aliphatic carbocycles. The Balaban J connectivity index is 1.33. The van der Waals surface area contributed by atoms with Crippen LogP contribution in [0.3, 0.4) is 0 Å². The summed E-state index contributed by atoms with van der Waals surface area (Å²) >= 11 is 3.25. The maximum absolute atomic E-state index is 4.54. The molecule has 0 fully saturated rings. The molecule has 0 aliphatic rings. The van der Waals surface area contributed by atoms with E-state index in [4.69, 9.17) is 0 Å². The van der Waals surface area contributed by atoms with Gasteiger partial charge in [0.2, 0.25) is 0 Å². The van der Waals surface area contributed by atoms with Crippen molar-refractivity contribution in [2.24, 2.45) is 0 Å². The van der Waals surface area contributed by atoms with Gasteiger partial charge in [0.1, 0.15) is 0 Å². The number of rotatable bonds is 5. The van der Waals surface area contributed by atoms with Gasteiger partial charge in [-0.15, -0.1) is 22.7 Å². The average molecular weight is 623 g/mol. The van der Waals surface area contributed by atoms with Crippen LogP contribution >= 0.6 is 22.7 Å². The third kappa shape index (κ3) is 4.54. The first-order valence-corrected chi connectivity index (χ1v) is 17.1. The number of hydrogen-bond acceptors (Lipinski definition) is 4. The molecular formula is C42H26N2S2. The van der Waals surface area contributed by atoms with Crippen LogP contribution in [0.2, 0.25) is 0 Å². The lowest BCUT2D eigenvalue weighted by Gasteiger charge is -2.19. The standard InChI is InChI=1S/C42H26N2S2/c1-2-8-33-27(6-1)7-5-11-34(33)32-20-21-37-38(22-32)42(31-18-14-29(15-19-31)40-24-46-26-44-40)36-10-4-3-9-35(36)41(37)30-16-12-28(13-17-30)39-23-45-25-43-39/h1-26H. The van der Waals surface area contributed by atoms with E-state index in [1.54, 1.807) is 22.7 Å². The summed E-state index contributed by atoms with van der Waals surface area (Å²) in [6.07, 6.45) is 0. The molecule has 9 aromatic rings. The Hall–Kier alpha value is -5.42. The van der Waals surface area contributed by atoms with Gasteiger partial charge in [0.05, 0.1) is 22.4 Å². The van der Waals surface area contributed by atoms with E-state index in [1.165, 1.54) is 65.7 Å². The molecule has 0 atom stereocenters. The summed E-state index contributed by atoms with van der Waals surface area (Å²) in [6.45, 7) is 0. The Kier molecular flexibility index (Phi) is 6.55. The molecule has 0 bridgehead atoms. The molecule has 0 aliphatic heterocycles. The minimum Gasteiger partial charge on any atom is -0.245 e. The smallest absolute Gasteiger partial charge is 0.0811 e. The van der Waals surface area contributed by atoms with Crippen LogP contribution in [0.4, 0.5) is 0 Å². The van der Waals surface area contributed by atoms with Crippen LogP contribution in [0.1, 0.15) is 0 Å². The van der Waals surface area contributed by atoms with Crippen molar-refractivity contribution in [3.8, 4) is 55.9 Å². The van der Waals surface area contributed by atoms with Crippen LogP contribution in [0.5, 0.6) is 0 Å². The Bertz CT molecular complexity index is 2490. The van der Waals surface area contributed by atoms with Crippen molar-refractivity contribution in [3.63, 3.8) is 0 Å². The van der Waals surface area contributed by atoms with Gasteiger partial charge < -0.3 is 0 Å². The summed E-state index contributed by atoms with van der Waals surface area (Å²) in [7, 11) is 0. The minimum absolute atomic E-state index is 1.01. The fourth-order valence-corrected chi connectivity index (χ4v) is 7.89. The molecule has 0 saturated carbocycles. The molecule has 0 saturated heterocycles. The SMILES string of the molecule is c1ccc2c(-c3ccc4c(-c5ccc(-c6cscn6)cc5)c5ccccc5c(-c5ccc(-c6cscn6)cc5)c4c3)cccc2c1. The fraction of sp³-hybridized carbons (Fsp3) is 0. The third-order valence-corrected chi connectivity index (χ3v) is 10.1. The second-order valence-electron chi connectivity index (χ2n) is 11.5. The van der Waals surface area contributed by atoms with Crippen molar-refractivity contribution in [2.75, 3.05) is 0 Å². The van der Waals surface area contributed by atoms with Crippen molar-refractivity contribution in [1.29, 1.82) is 0 Å². The topological polar surface area (TPSA) is 25.8 Å². The average Bonchev–Trinajstić information content (AvgIpc) is 3.87. The van der Waals surface area contributed by atoms with Gasteiger partial charge in [0.25, 0.3) is 0 Å². The minimum atomic E-state index is 1.01. The number of thiazole rings is 2. The summed E-state index contributed by atoms with van der Waals surface area (Å²) in [5.41, 5.74) is 15.4.